The van der Waals surface area contributed by atoms with Crippen LogP contribution in [0.1, 0.15) is 273 Å². The monoisotopic (exact) mass is 1390 g/mol. The van der Waals surface area contributed by atoms with Crippen LogP contribution in [0.4, 0.5) is 0 Å². The van der Waals surface area contributed by atoms with Crippen molar-refractivity contribution in [3.63, 3.8) is 0 Å². The molecule has 8 rings (SSSR count). The Morgan fingerprint density at radius 3 is 0.570 bits per heavy atom. The summed E-state index contributed by atoms with van der Waals surface area (Å²) in [6.07, 6.45) is 32.6. The number of ether oxygens (including phenoxy) is 8. The van der Waals surface area contributed by atoms with Gasteiger partial charge in [0, 0.05) is 20.9 Å². The molecule has 0 aliphatic heterocycles. The minimum Gasteiger partial charge on any atom is -0.490 e. The molecule has 0 unspecified atom stereocenters. The number of benzene rings is 8. The number of unbranched alkanes of at least 4 members (excludes halogenated alkanes) is 20. The Kier molecular flexibility index (Phi) is 35.5. The van der Waals surface area contributed by atoms with E-state index in [-0.39, 0.29) is 0 Å². The van der Waals surface area contributed by atoms with Crippen LogP contribution in [0.25, 0.3) is 64.6 Å². The summed E-state index contributed by atoms with van der Waals surface area (Å²) in [5.74, 6) is 22.7. The van der Waals surface area contributed by atoms with Gasteiger partial charge in [0.2, 0.25) is 0 Å². The van der Waals surface area contributed by atoms with Crippen molar-refractivity contribution in [3.05, 3.63) is 83.9 Å². The van der Waals surface area contributed by atoms with E-state index in [4.69, 9.17) is 37.9 Å². The van der Waals surface area contributed by atoms with Crippen molar-refractivity contribution in [2.75, 3.05) is 64.4 Å². The van der Waals surface area contributed by atoms with Crippen LogP contribution in [-0.4, -0.2) is 64.4 Å². The molecule has 0 amide bonds. The first-order chi connectivity index (χ1) is 49.3. The first-order valence-corrected chi connectivity index (χ1v) is 41.6. The highest BCUT2D eigenvalue weighted by molar-refractivity contribution is 7.99. The fourth-order valence-electron chi connectivity index (χ4n) is 12.9. The zero-order valence-corrected chi connectivity index (χ0v) is 64.9. The van der Waals surface area contributed by atoms with Crippen LogP contribution < -0.4 is 37.9 Å². The molecule has 0 atom stereocenters. The molecule has 100 heavy (non-hydrogen) atoms. The summed E-state index contributed by atoms with van der Waals surface area (Å²) in [6, 6.07) is 27.5. The first kappa shape index (κ1) is 79.2. The second-order valence-electron chi connectivity index (χ2n) is 27.2. The van der Waals surface area contributed by atoms with E-state index < -0.39 is 0 Å². The van der Waals surface area contributed by atoms with Gasteiger partial charge >= 0.3 is 0 Å². The van der Waals surface area contributed by atoms with Crippen molar-refractivity contribution in [2.24, 2.45) is 0 Å². The van der Waals surface area contributed by atoms with E-state index in [0.29, 0.717) is 52.9 Å². The molecule has 0 fully saturated rings. The highest BCUT2D eigenvalue weighted by Gasteiger charge is 2.23. The average Bonchev–Trinajstić information content (AvgIpc) is 0.734. The summed E-state index contributed by atoms with van der Waals surface area (Å²) in [5, 5.41) is 13.3. The van der Waals surface area contributed by atoms with Gasteiger partial charge in [-0.3, -0.25) is 0 Å². The Hall–Kier alpha value is -6.46. The largest absolute Gasteiger partial charge is 0.490 e. The maximum atomic E-state index is 6.78. The summed E-state index contributed by atoms with van der Waals surface area (Å²) >= 11 is 3.81. The molecule has 0 aliphatic rings. The number of rotatable bonds is 50. The lowest BCUT2D eigenvalue weighted by atomic mass is 9.92. The fourth-order valence-corrected chi connectivity index (χ4v) is 15.0. The minimum absolute atomic E-state index is 0.621. The van der Waals surface area contributed by atoms with Gasteiger partial charge in [-0.05, 0) is 225 Å². The minimum atomic E-state index is 0.621. The zero-order chi connectivity index (χ0) is 70.5. The van der Waals surface area contributed by atoms with Gasteiger partial charge in [-0.1, -0.05) is 209 Å². The van der Waals surface area contributed by atoms with Crippen LogP contribution in [-0.2, 0) is 0 Å². The highest BCUT2D eigenvalue weighted by atomic mass is 32.2. The molecule has 0 aromatic heterocycles. The lowest BCUT2D eigenvalue weighted by Gasteiger charge is -2.20. The molecular weight excluding hydrogens is 1270 g/mol. The molecule has 0 bridgehead atoms. The molecule has 542 valence electrons. The van der Waals surface area contributed by atoms with E-state index in [1.54, 1.807) is 0 Å². The van der Waals surface area contributed by atoms with Crippen LogP contribution in [0.2, 0.25) is 0 Å². The first-order valence-electron chi connectivity index (χ1n) is 39.7. The molecule has 0 saturated carbocycles. The van der Waals surface area contributed by atoms with Gasteiger partial charge in [-0.25, -0.2) is 0 Å². The summed E-state index contributed by atoms with van der Waals surface area (Å²) in [4.78, 5) is 2.30. The SMILES string of the molecule is CCCCCOc1cc2c3cc(C#CC#Cc4cc5c6cc(OCCCCC)c(OCCCCC)cc6c6cc(OCCCCC)c(OCCCCC)cc6c5cc4SCCCCC)c(SCCCCC)cc3c3cc(OCCCCC)c(OCCCCC)cc3c2cc1OCCCCC. The third-order valence-electron chi connectivity index (χ3n) is 18.8. The molecule has 0 spiro atoms. The van der Waals surface area contributed by atoms with Crippen LogP contribution in [0, 0.1) is 23.7 Å². The maximum Gasteiger partial charge on any atom is 0.161 e. The second kappa shape index (κ2) is 44.8. The maximum absolute atomic E-state index is 6.78. The van der Waals surface area contributed by atoms with Crippen LogP contribution in [0.5, 0.6) is 46.0 Å². The van der Waals surface area contributed by atoms with E-state index in [9.17, 15) is 0 Å². The number of thioether (sulfide) groups is 2. The summed E-state index contributed by atoms with van der Waals surface area (Å²) in [6.45, 7) is 27.5. The van der Waals surface area contributed by atoms with Crippen LogP contribution >= 0.6 is 23.5 Å². The predicted octanol–water partition coefficient (Wildman–Crippen LogP) is 27.1. The number of hydrogen-bond acceptors (Lipinski definition) is 10. The molecule has 0 aliphatic carbocycles. The van der Waals surface area contributed by atoms with Gasteiger partial charge in [0.05, 0.1) is 52.9 Å². The normalized spacial score (nSPS) is 11.4. The summed E-state index contributed by atoms with van der Waals surface area (Å²) in [7, 11) is 0. The average molecular weight is 1400 g/mol. The third kappa shape index (κ3) is 23.0. The van der Waals surface area contributed by atoms with Crippen molar-refractivity contribution < 1.29 is 37.9 Å². The van der Waals surface area contributed by atoms with Gasteiger partial charge in [-0.2, -0.15) is 0 Å². The van der Waals surface area contributed by atoms with Crippen LogP contribution in [0.15, 0.2) is 82.6 Å². The molecular formula is C90H122O8S2. The molecule has 0 radical (unpaired) electrons. The van der Waals surface area contributed by atoms with Gasteiger partial charge in [0.1, 0.15) is 0 Å². The predicted molar refractivity (Wildman–Crippen MR) is 432 cm³/mol. The fraction of sp³-hybridized carbons (Fsp3) is 0.556. The Morgan fingerprint density at radius 1 is 0.210 bits per heavy atom. The van der Waals surface area contributed by atoms with Crippen molar-refractivity contribution in [1.82, 2.24) is 0 Å². The number of hydrogen-bond donors (Lipinski definition) is 0. The quantitative estimate of drug-likeness (QED) is 0.0159. The second-order valence-corrected chi connectivity index (χ2v) is 29.5. The van der Waals surface area contributed by atoms with E-state index >= 15 is 0 Å². The molecule has 8 nitrogen and oxygen atoms in total. The van der Waals surface area contributed by atoms with E-state index in [1.807, 2.05) is 23.5 Å². The van der Waals surface area contributed by atoms with Gasteiger partial charge in [0.25, 0.3) is 0 Å². The van der Waals surface area contributed by atoms with Gasteiger partial charge in [0.15, 0.2) is 46.0 Å². The highest BCUT2D eigenvalue weighted by Crippen LogP contribution is 2.49. The van der Waals surface area contributed by atoms with Crippen molar-refractivity contribution >= 4 is 88.2 Å². The lowest BCUT2D eigenvalue weighted by molar-refractivity contribution is 0.260. The molecule has 0 heterocycles. The molecule has 8 aromatic rings. The van der Waals surface area contributed by atoms with Gasteiger partial charge in [-0.15, -0.1) is 23.5 Å². The molecule has 0 saturated heterocycles. The third-order valence-corrected chi connectivity index (χ3v) is 21.1. The van der Waals surface area contributed by atoms with Crippen molar-refractivity contribution in [3.8, 4) is 69.7 Å². The van der Waals surface area contributed by atoms with E-state index in [2.05, 4.69) is 166 Å². The Labute approximate surface area is 611 Å². The Balaban J connectivity index is 1.39. The van der Waals surface area contributed by atoms with Crippen molar-refractivity contribution in [2.45, 2.75) is 272 Å². The van der Waals surface area contributed by atoms with Crippen LogP contribution in [0.3, 0.4) is 0 Å². The zero-order valence-electron chi connectivity index (χ0n) is 63.3. The lowest BCUT2D eigenvalue weighted by Crippen LogP contribution is -2.04. The Bertz CT molecular complexity index is 3590. The smallest absolute Gasteiger partial charge is 0.161 e. The summed E-state index contributed by atoms with van der Waals surface area (Å²) in [5.41, 5.74) is 1.93. The summed E-state index contributed by atoms with van der Waals surface area (Å²) < 4.78 is 54.1. The van der Waals surface area contributed by atoms with E-state index in [0.717, 1.165) is 323 Å². The number of fused-ring (bicyclic) bond motifs is 12. The van der Waals surface area contributed by atoms with Crippen molar-refractivity contribution in [1.29, 1.82) is 0 Å². The topological polar surface area (TPSA) is 73.8 Å². The Morgan fingerprint density at radius 2 is 0.380 bits per heavy atom. The van der Waals surface area contributed by atoms with E-state index in [1.165, 1.54) is 12.8 Å². The van der Waals surface area contributed by atoms with Gasteiger partial charge < -0.3 is 37.9 Å². The molecule has 0 N–H and O–H groups in total. The molecule has 8 aromatic carbocycles. The molecule has 10 heteroatoms. The standard InChI is InChI=1S/C90H122O8S2/c1-11-21-33-45-91-81-57-71-69-55-67(89(99-53-41-29-19-9)65-79(69)77-63-87(97-51-39-27-17-7)85(95-49-37-25-15-5)61-75(77)73(71)59-83(81)93-47-35-23-13-3)43-31-32-44-68-56-70-72-58-82(92-46-34-22-12-2)84(94-48-36-24-14-4)60-74(72)76-62-86(96-50-38-26-16-6)88(98-52-40-28-18-8)64-78(76)80(70)66-90(68)100-54-42-30-20-10/h55-66H,11-30,33-42,45-54H2,1-10H3.